The van der Waals surface area contributed by atoms with Crippen molar-refractivity contribution in [2.75, 3.05) is 29.3 Å². The number of nitrogens with one attached hydrogen (secondary N) is 1. The minimum Gasteiger partial charge on any atom is -0.368 e. The van der Waals surface area contributed by atoms with Crippen molar-refractivity contribution < 1.29 is 16.1 Å². The summed E-state index contributed by atoms with van der Waals surface area (Å²) in [6.45, 7) is 5.85. The van der Waals surface area contributed by atoms with Crippen molar-refractivity contribution in [1.82, 2.24) is 14.5 Å². The fourth-order valence-corrected chi connectivity index (χ4v) is 6.58. The Balaban J connectivity index is 0.00000200. The molecule has 1 amide bonds. The van der Waals surface area contributed by atoms with Gasteiger partial charge in [0, 0.05) is 57.0 Å². The van der Waals surface area contributed by atoms with Crippen LogP contribution in [-0.2, 0) is 14.8 Å². The number of amides is 1. The van der Waals surface area contributed by atoms with Gasteiger partial charge in [-0.05, 0) is 61.7 Å². The lowest BCUT2D eigenvalue weighted by Gasteiger charge is -2.42. The molecular weight excluding hydrogens is 518 g/mol. The van der Waals surface area contributed by atoms with E-state index in [1.54, 1.807) is 35.8 Å². The van der Waals surface area contributed by atoms with Crippen LogP contribution in [0.25, 0.3) is 10.9 Å². The number of carbonyl (C=O) groups is 1. The Morgan fingerprint density at radius 1 is 1.19 bits per heavy atom. The van der Waals surface area contributed by atoms with Crippen LogP contribution in [0, 0.1) is 0 Å². The maximum atomic E-state index is 13.4. The number of sulfonamides is 1. The van der Waals surface area contributed by atoms with Crippen molar-refractivity contribution in [3.8, 4) is 0 Å². The molecule has 3 heterocycles. The number of carbonyl (C=O) groups excluding carboxylic acids is 1. The van der Waals surface area contributed by atoms with E-state index >= 15 is 0 Å². The first-order valence-electron chi connectivity index (χ1n) is 11.6. The quantitative estimate of drug-likeness (QED) is 0.352. The van der Waals surface area contributed by atoms with E-state index in [9.17, 15) is 13.2 Å². The van der Waals surface area contributed by atoms with E-state index in [0.29, 0.717) is 29.8 Å². The first-order valence-corrected chi connectivity index (χ1v) is 14.3. The Morgan fingerprint density at radius 3 is 2.67 bits per heavy atom. The van der Waals surface area contributed by atoms with Gasteiger partial charge >= 0.3 is 0 Å². The van der Waals surface area contributed by atoms with E-state index in [1.165, 1.54) is 11.3 Å². The second-order valence-electron chi connectivity index (χ2n) is 8.87. The fraction of sp³-hybridized carbons (Fsp3) is 0.280. The third kappa shape index (κ3) is 4.80. The lowest BCUT2D eigenvalue weighted by Crippen LogP contribution is -2.55. The monoisotopic (exact) mass is 547 g/mol. The zero-order valence-corrected chi connectivity index (χ0v) is 22.2. The highest BCUT2D eigenvalue weighted by molar-refractivity contribution is 7.93. The Bertz CT molecular complexity index is 1500. The number of fused-ring (bicyclic) bond motifs is 1. The Labute approximate surface area is 222 Å². The van der Waals surface area contributed by atoms with Crippen molar-refractivity contribution >= 4 is 60.6 Å². The van der Waals surface area contributed by atoms with Crippen molar-refractivity contribution in [3.05, 3.63) is 71.3 Å². The Kier molecular flexibility index (Phi) is 6.67. The predicted octanol–water partition coefficient (Wildman–Crippen LogP) is 5.34. The molecule has 36 heavy (non-hydrogen) atoms. The van der Waals surface area contributed by atoms with E-state index < -0.39 is 10.0 Å². The standard InChI is InChI=1S/C25H26ClN5O3S2.2H2/c1-17-16-29(21-5-7-22(8-6-21)36(33,34)28-25-27-10-14-35-25)12-13-30(17)24(32)18(2)31-11-9-19-3-4-20(26)15-23(19)31;;/h3-11,14-15,17-18H,12-13,16H2,1-2H3,(H,27,28);2*1H/t17-,18+;;/m1../s1. The van der Waals surface area contributed by atoms with Crippen LogP contribution in [0.5, 0.6) is 0 Å². The molecule has 192 valence electrons. The summed E-state index contributed by atoms with van der Waals surface area (Å²) in [5, 5.41) is 3.73. The number of halogens is 1. The molecule has 2 aromatic heterocycles. The smallest absolute Gasteiger partial charge is 0.263 e. The van der Waals surface area contributed by atoms with Gasteiger partial charge in [-0.2, -0.15) is 0 Å². The van der Waals surface area contributed by atoms with E-state index in [0.717, 1.165) is 16.6 Å². The SMILES string of the molecule is C[C@@H]1CN(c2ccc(S(=O)(=O)Nc3nccs3)cc2)CCN1C(=O)[C@H](C)n1ccc2ccc(Cl)cc21.[HH].[HH]. The Morgan fingerprint density at radius 2 is 1.97 bits per heavy atom. The largest absolute Gasteiger partial charge is 0.368 e. The molecule has 2 aromatic carbocycles. The zero-order valence-electron chi connectivity index (χ0n) is 19.8. The normalized spacial score (nSPS) is 17.4. The number of hydrogen-bond acceptors (Lipinski definition) is 6. The van der Waals surface area contributed by atoms with Crippen LogP contribution < -0.4 is 9.62 Å². The number of nitrogens with zero attached hydrogens (tertiary/aromatic N) is 4. The van der Waals surface area contributed by atoms with E-state index in [-0.39, 0.29) is 25.7 Å². The molecular formula is C25H30ClN5O3S2. The lowest BCUT2D eigenvalue weighted by molar-refractivity contribution is -0.136. The molecule has 1 N–H and O–H groups in total. The van der Waals surface area contributed by atoms with E-state index in [4.69, 9.17) is 11.6 Å². The van der Waals surface area contributed by atoms with Gasteiger partial charge in [0.15, 0.2) is 5.13 Å². The summed E-state index contributed by atoms with van der Waals surface area (Å²) in [4.78, 5) is 21.7. The van der Waals surface area contributed by atoms with Crippen LogP contribution in [0.1, 0.15) is 22.7 Å². The molecule has 4 aromatic rings. The number of aromatic nitrogens is 2. The molecule has 8 nitrogen and oxygen atoms in total. The summed E-state index contributed by atoms with van der Waals surface area (Å²) in [5.41, 5.74) is 1.86. The maximum Gasteiger partial charge on any atom is 0.263 e. The highest BCUT2D eigenvalue weighted by Crippen LogP contribution is 2.27. The topological polar surface area (TPSA) is 87.5 Å². The molecule has 5 rings (SSSR count). The lowest BCUT2D eigenvalue weighted by atomic mass is 10.1. The van der Waals surface area contributed by atoms with Crippen molar-refractivity contribution in [2.24, 2.45) is 0 Å². The minimum atomic E-state index is -3.70. The molecule has 0 bridgehead atoms. The van der Waals surface area contributed by atoms with E-state index in [2.05, 4.69) is 14.6 Å². The molecule has 1 aliphatic heterocycles. The van der Waals surface area contributed by atoms with Crippen LogP contribution in [0.3, 0.4) is 0 Å². The van der Waals surface area contributed by atoms with Gasteiger partial charge in [0.25, 0.3) is 10.0 Å². The van der Waals surface area contributed by atoms with Crippen LogP contribution in [-0.4, -0.2) is 54.5 Å². The summed E-state index contributed by atoms with van der Waals surface area (Å²) >= 11 is 7.42. The molecule has 11 heteroatoms. The average Bonchev–Trinajstić information content (AvgIpc) is 3.52. The number of hydrogen-bond donors (Lipinski definition) is 1. The number of rotatable bonds is 6. The van der Waals surface area contributed by atoms with Gasteiger partial charge in [-0.15, -0.1) is 11.3 Å². The number of anilines is 2. The van der Waals surface area contributed by atoms with Gasteiger partial charge in [-0.3, -0.25) is 9.52 Å². The average molecular weight is 548 g/mol. The number of benzene rings is 2. The predicted molar refractivity (Wildman–Crippen MR) is 149 cm³/mol. The molecule has 0 aliphatic carbocycles. The van der Waals surface area contributed by atoms with Crippen LogP contribution in [0.4, 0.5) is 10.8 Å². The van der Waals surface area contributed by atoms with Crippen LogP contribution in [0.15, 0.2) is 71.2 Å². The third-order valence-corrected chi connectivity index (χ3v) is 8.94. The van der Waals surface area contributed by atoms with Crippen LogP contribution in [0.2, 0.25) is 5.02 Å². The summed E-state index contributed by atoms with van der Waals surface area (Å²) in [5.74, 6) is 0.0642. The molecule has 2 atom stereocenters. The van der Waals surface area contributed by atoms with Crippen molar-refractivity contribution in [2.45, 2.75) is 30.8 Å². The van der Waals surface area contributed by atoms with Crippen molar-refractivity contribution in [1.29, 1.82) is 0 Å². The zero-order chi connectivity index (χ0) is 25.4. The van der Waals surface area contributed by atoms with Gasteiger partial charge in [0.2, 0.25) is 5.91 Å². The maximum absolute atomic E-state index is 13.4. The number of thiazole rings is 1. The molecule has 1 fully saturated rings. The van der Waals surface area contributed by atoms with Crippen LogP contribution >= 0.6 is 22.9 Å². The second kappa shape index (κ2) is 9.76. The molecule has 0 radical (unpaired) electrons. The summed E-state index contributed by atoms with van der Waals surface area (Å²) in [6.07, 6.45) is 3.48. The van der Waals surface area contributed by atoms with Gasteiger partial charge in [-0.25, -0.2) is 13.4 Å². The highest BCUT2D eigenvalue weighted by atomic mass is 35.5. The molecule has 0 saturated carbocycles. The molecule has 0 unspecified atom stereocenters. The highest BCUT2D eigenvalue weighted by Gasteiger charge is 2.31. The van der Waals surface area contributed by atoms with E-state index in [1.807, 2.05) is 53.8 Å². The van der Waals surface area contributed by atoms with Gasteiger partial charge in [0.05, 0.1) is 10.4 Å². The second-order valence-corrected chi connectivity index (χ2v) is 11.9. The minimum absolute atomic E-state index is 0. The molecule has 1 aliphatic rings. The number of piperazine rings is 1. The summed E-state index contributed by atoms with van der Waals surface area (Å²) in [7, 11) is -3.70. The summed E-state index contributed by atoms with van der Waals surface area (Å²) < 4.78 is 29.7. The molecule has 0 spiro atoms. The van der Waals surface area contributed by atoms with Gasteiger partial charge in [0.1, 0.15) is 6.04 Å². The van der Waals surface area contributed by atoms with Gasteiger partial charge < -0.3 is 14.4 Å². The summed E-state index contributed by atoms with van der Waals surface area (Å²) in [6, 6.07) is 14.1. The Hall–Kier alpha value is -3.08. The first-order chi connectivity index (χ1) is 17.2. The fourth-order valence-electron chi connectivity index (χ4n) is 4.62. The third-order valence-electron chi connectivity index (χ3n) is 6.54. The first kappa shape index (κ1) is 24.6. The van der Waals surface area contributed by atoms with Gasteiger partial charge in [-0.1, -0.05) is 17.7 Å². The molecule has 1 saturated heterocycles. The van der Waals surface area contributed by atoms with Crippen molar-refractivity contribution in [3.63, 3.8) is 0 Å².